The van der Waals surface area contributed by atoms with E-state index in [0.29, 0.717) is 6.42 Å². The van der Waals surface area contributed by atoms with Crippen LogP contribution < -0.4 is 63.3 Å². The van der Waals surface area contributed by atoms with Crippen LogP contribution in [0.4, 0.5) is 0 Å². The third kappa shape index (κ3) is 10.7. The molecule has 0 spiro atoms. The summed E-state index contributed by atoms with van der Waals surface area (Å²) in [6, 6.07) is 2.06. The summed E-state index contributed by atoms with van der Waals surface area (Å²) in [5.41, 5.74) is 0. The van der Waals surface area contributed by atoms with Gasteiger partial charge in [-0.3, -0.25) is 0 Å². The van der Waals surface area contributed by atoms with Gasteiger partial charge in [0, 0.05) is 12.4 Å². The number of nitrogens with zero attached hydrogens (tertiary/aromatic N) is 1. The van der Waals surface area contributed by atoms with Gasteiger partial charge >= 0.3 is 58.2 Å². The quantitative estimate of drug-likeness (QED) is 0.554. The van der Waals surface area contributed by atoms with Gasteiger partial charge < -0.3 is 9.90 Å². The fraction of sp³-hybridized carbons (Fsp3) is 0.778. The maximum absolute atomic E-state index is 10.2. The van der Waals surface area contributed by atoms with Crippen LogP contribution in [0.1, 0.15) is 33.1 Å². The molecule has 0 bridgehead atoms. The molecular weight excluding hydrogens is 240 g/mol. The van der Waals surface area contributed by atoms with Gasteiger partial charge in [-0.1, -0.05) is 13.8 Å². The summed E-state index contributed by atoms with van der Waals surface area (Å²) >= 11 is 0. The van der Waals surface area contributed by atoms with Gasteiger partial charge in [0.25, 0.3) is 0 Å². The van der Waals surface area contributed by atoms with Gasteiger partial charge in [0.15, 0.2) is 0 Å². The van der Waals surface area contributed by atoms with E-state index in [1.807, 2.05) is 13.8 Å². The van der Waals surface area contributed by atoms with Gasteiger partial charge in [0.05, 0.1) is 6.07 Å². The SMILES string of the molecule is C[C@H](CC#N)C[C@@H](C)CC(=O)[O-].[Rb+]. The van der Waals surface area contributed by atoms with Crippen molar-refractivity contribution in [3.63, 3.8) is 0 Å². The molecule has 0 unspecified atom stereocenters. The number of nitriles is 1. The first-order valence-corrected chi connectivity index (χ1v) is 4.13. The van der Waals surface area contributed by atoms with Crippen molar-refractivity contribution in [1.82, 2.24) is 0 Å². The molecule has 3 nitrogen and oxygen atoms in total. The van der Waals surface area contributed by atoms with E-state index < -0.39 is 5.97 Å². The van der Waals surface area contributed by atoms with E-state index in [9.17, 15) is 9.90 Å². The van der Waals surface area contributed by atoms with E-state index in [1.54, 1.807) is 0 Å². The Morgan fingerprint density at radius 1 is 1.46 bits per heavy atom. The first-order chi connectivity index (χ1) is 5.56. The number of carboxylic acids is 1. The fourth-order valence-corrected chi connectivity index (χ4v) is 1.29. The zero-order valence-corrected chi connectivity index (χ0v) is 13.5. The smallest absolute Gasteiger partial charge is 0.550 e. The molecule has 0 rings (SSSR count). The normalized spacial score (nSPS) is 13.6. The second-order valence-corrected chi connectivity index (χ2v) is 3.38. The van der Waals surface area contributed by atoms with Crippen molar-refractivity contribution in [3.8, 4) is 6.07 Å². The number of carbonyl (C=O) groups excluding carboxylic acids is 1. The molecule has 0 fully saturated rings. The molecule has 0 saturated carbocycles. The summed E-state index contributed by atoms with van der Waals surface area (Å²) in [5.74, 6) is -0.616. The van der Waals surface area contributed by atoms with Crippen molar-refractivity contribution in [2.45, 2.75) is 33.1 Å². The van der Waals surface area contributed by atoms with Crippen LogP contribution in [0.25, 0.3) is 0 Å². The van der Waals surface area contributed by atoms with Crippen molar-refractivity contribution < 1.29 is 68.1 Å². The van der Waals surface area contributed by atoms with Crippen LogP contribution in [0.5, 0.6) is 0 Å². The Bertz CT molecular complexity index is 189. The molecule has 0 aromatic heterocycles. The monoisotopic (exact) mass is 253 g/mol. The van der Waals surface area contributed by atoms with Gasteiger partial charge in [0.1, 0.15) is 0 Å². The standard InChI is InChI=1S/C9H15NO2.Rb/c1-7(3-4-10)5-8(2)6-9(11)12;/h7-8H,3,5-6H2,1-2H3,(H,11,12);/q;+1/p-1/t7-,8-;/m1./s1. The van der Waals surface area contributed by atoms with Crippen molar-refractivity contribution >= 4 is 5.97 Å². The molecule has 0 aromatic rings. The Morgan fingerprint density at radius 3 is 2.38 bits per heavy atom. The molecule has 0 aliphatic rings. The van der Waals surface area contributed by atoms with Gasteiger partial charge in [-0.25, -0.2) is 0 Å². The van der Waals surface area contributed by atoms with Crippen LogP contribution in [0.2, 0.25) is 0 Å². The Kier molecular flexibility index (Phi) is 11.6. The molecule has 0 radical (unpaired) electrons. The maximum atomic E-state index is 10.2. The van der Waals surface area contributed by atoms with Crippen LogP contribution in [0.3, 0.4) is 0 Å². The van der Waals surface area contributed by atoms with E-state index in [4.69, 9.17) is 5.26 Å². The van der Waals surface area contributed by atoms with Crippen molar-refractivity contribution in [1.29, 1.82) is 5.26 Å². The molecule has 2 atom stereocenters. The first-order valence-electron chi connectivity index (χ1n) is 4.13. The third-order valence-electron chi connectivity index (χ3n) is 1.76. The summed E-state index contributed by atoms with van der Waals surface area (Å²) in [5, 5.41) is 18.5. The predicted molar refractivity (Wildman–Crippen MR) is 42.8 cm³/mol. The van der Waals surface area contributed by atoms with Crippen LogP contribution >= 0.6 is 0 Å². The van der Waals surface area contributed by atoms with Crippen LogP contribution in [-0.4, -0.2) is 5.97 Å². The number of hydrogen-bond acceptors (Lipinski definition) is 3. The van der Waals surface area contributed by atoms with Crippen LogP contribution in [0, 0.1) is 23.2 Å². The first kappa shape index (κ1) is 16.2. The molecule has 68 valence electrons. The number of aliphatic carboxylic acids is 1. The number of carbonyl (C=O) groups is 1. The van der Waals surface area contributed by atoms with Gasteiger partial charge in [-0.2, -0.15) is 5.26 Å². The number of carboxylic acid groups (broad SMARTS) is 1. The summed E-state index contributed by atoms with van der Waals surface area (Å²) in [6.07, 6.45) is 1.37. The van der Waals surface area contributed by atoms with Gasteiger partial charge in [0.2, 0.25) is 0 Å². The minimum absolute atomic E-state index is 0. The van der Waals surface area contributed by atoms with Gasteiger partial charge in [-0.15, -0.1) is 0 Å². The van der Waals surface area contributed by atoms with Crippen molar-refractivity contribution in [3.05, 3.63) is 0 Å². The second-order valence-electron chi connectivity index (χ2n) is 3.38. The largest absolute Gasteiger partial charge is 1.00 e. The molecule has 0 heterocycles. The van der Waals surface area contributed by atoms with Crippen molar-refractivity contribution in [2.75, 3.05) is 0 Å². The summed E-state index contributed by atoms with van der Waals surface area (Å²) in [4.78, 5) is 10.2. The maximum Gasteiger partial charge on any atom is 1.00 e. The third-order valence-corrected chi connectivity index (χ3v) is 1.76. The second kappa shape index (κ2) is 9.33. The van der Waals surface area contributed by atoms with E-state index in [2.05, 4.69) is 6.07 Å². The van der Waals surface area contributed by atoms with E-state index in [-0.39, 0.29) is 76.4 Å². The molecule has 0 amide bonds. The van der Waals surface area contributed by atoms with E-state index >= 15 is 0 Å². The number of rotatable bonds is 5. The topological polar surface area (TPSA) is 63.9 Å². The molecule has 0 aliphatic carbocycles. The Morgan fingerprint density at radius 2 is 2.00 bits per heavy atom. The predicted octanol–water partition coefficient (Wildman–Crippen LogP) is -2.29. The molecule has 0 aromatic carbocycles. The molecule has 4 heteroatoms. The number of hydrogen-bond donors (Lipinski definition) is 0. The average molecular weight is 254 g/mol. The Balaban J connectivity index is 0. The molecule has 0 aliphatic heterocycles. The van der Waals surface area contributed by atoms with Crippen LogP contribution in [-0.2, 0) is 4.79 Å². The molecular formula is C9H14NO2Rb. The fourth-order valence-electron chi connectivity index (χ4n) is 1.29. The average Bonchev–Trinajstić information content (AvgIpc) is 1.84. The Labute approximate surface area is 128 Å². The zero-order chi connectivity index (χ0) is 9.56. The minimum Gasteiger partial charge on any atom is -0.550 e. The molecule has 0 saturated heterocycles. The Hall–Kier alpha value is 0.765. The van der Waals surface area contributed by atoms with Crippen molar-refractivity contribution in [2.24, 2.45) is 11.8 Å². The minimum atomic E-state index is -1.01. The molecule has 13 heavy (non-hydrogen) atoms. The molecule has 0 N–H and O–H groups in total. The summed E-state index contributed by atoms with van der Waals surface area (Å²) in [6.45, 7) is 3.82. The van der Waals surface area contributed by atoms with Gasteiger partial charge in [-0.05, 0) is 24.7 Å². The summed E-state index contributed by atoms with van der Waals surface area (Å²) in [7, 11) is 0. The zero-order valence-electron chi connectivity index (χ0n) is 8.54. The summed E-state index contributed by atoms with van der Waals surface area (Å²) < 4.78 is 0. The van der Waals surface area contributed by atoms with E-state index in [0.717, 1.165) is 6.42 Å². The van der Waals surface area contributed by atoms with Crippen LogP contribution in [0.15, 0.2) is 0 Å². The van der Waals surface area contributed by atoms with E-state index in [1.165, 1.54) is 0 Å².